The Labute approximate surface area is 175 Å². The molecule has 3 heterocycles. The third-order valence-electron chi connectivity index (χ3n) is 6.06. The Morgan fingerprint density at radius 3 is 2.63 bits per heavy atom. The van der Waals surface area contributed by atoms with Crippen LogP contribution in [0.15, 0.2) is 36.9 Å². The highest BCUT2D eigenvalue weighted by atomic mass is 16.5. The molecule has 1 aromatic heterocycles. The van der Waals surface area contributed by atoms with Gasteiger partial charge in [-0.1, -0.05) is 0 Å². The van der Waals surface area contributed by atoms with Crippen LogP contribution in [0.3, 0.4) is 0 Å². The normalized spacial score (nSPS) is 20.3. The van der Waals surface area contributed by atoms with Gasteiger partial charge in [-0.15, -0.1) is 0 Å². The van der Waals surface area contributed by atoms with Gasteiger partial charge < -0.3 is 20.1 Å². The van der Waals surface area contributed by atoms with Gasteiger partial charge in [0.1, 0.15) is 12.1 Å². The minimum Gasteiger partial charge on any atom is -0.508 e. The predicted octanol–water partition coefficient (Wildman–Crippen LogP) is 1.93. The first-order chi connectivity index (χ1) is 14.5. The van der Waals surface area contributed by atoms with Gasteiger partial charge in [0.05, 0.1) is 5.56 Å². The molecule has 0 radical (unpaired) electrons. The van der Waals surface area contributed by atoms with E-state index in [1.54, 1.807) is 12.1 Å². The molecule has 0 saturated carbocycles. The lowest BCUT2D eigenvalue weighted by Gasteiger charge is -2.33. The average molecular weight is 410 g/mol. The van der Waals surface area contributed by atoms with Crippen molar-refractivity contribution in [2.75, 3.05) is 26.3 Å². The summed E-state index contributed by atoms with van der Waals surface area (Å²) in [5, 5.41) is 12.9. The van der Waals surface area contributed by atoms with Crippen molar-refractivity contribution in [2.24, 2.45) is 5.41 Å². The summed E-state index contributed by atoms with van der Waals surface area (Å²) < 4.78 is 5.54. The number of hydrogen-bond acceptors (Lipinski definition) is 6. The number of hydrogen-bond donors (Lipinski definition) is 2. The van der Waals surface area contributed by atoms with E-state index in [1.165, 1.54) is 24.8 Å². The number of phenols is 1. The predicted molar refractivity (Wildman–Crippen MR) is 109 cm³/mol. The third kappa shape index (κ3) is 4.28. The molecule has 1 unspecified atom stereocenters. The Morgan fingerprint density at radius 1 is 1.20 bits per heavy atom. The van der Waals surface area contributed by atoms with E-state index < -0.39 is 0 Å². The molecule has 2 fully saturated rings. The average Bonchev–Trinajstić information content (AvgIpc) is 3.09. The maximum absolute atomic E-state index is 13.4. The minimum absolute atomic E-state index is 0.00499. The highest BCUT2D eigenvalue weighted by Crippen LogP contribution is 2.43. The van der Waals surface area contributed by atoms with Gasteiger partial charge in [0, 0.05) is 50.3 Å². The van der Waals surface area contributed by atoms with Gasteiger partial charge in [0.25, 0.3) is 11.8 Å². The molecule has 2 aromatic rings. The van der Waals surface area contributed by atoms with Crippen molar-refractivity contribution >= 4 is 11.8 Å². The number of nitrogens with zero attached hydrogens (tertiary/aromatic N) is 3. The molecule has 4 rings (SSSR count). The molecule has 2 saturated heterocycles. The molecule has 2 amide bonds. The van der Waals surface area contributed by atoms with Gasteiger partial charge in [-0.25, -0.2) is 9.97 Å². The number of phenolic OH excluding ortho intramolecular Hbond substituents is 1. The fraction of sp³-hybridized carbons (Fsp3) is 0.455. The second-order valence-corrected chi connectivity index (χ2v) is 8.30. The largest absolute Gasteiger partial charge is 0.508 e. The molecule has 2 N–H and O–H groups in total. The smallest absolute Gasteiger partial charge is 0.254 e. The van der Waals surface area contributed by atoms with Gasteiger partial charge >= 0.3 is 0 Å². The molecule has 0 aliphatic carbocycles. The van der Waals surface area contributed by atoms with E-state index in [4.69, 9.17) is 4.74 Å². The number of carbonyl (C=O) groups is 2. The van der Waals surface area contributed by atoms with Crippen molar-refractivity contribution in [1.82, 2.24) is 20.2 Å². The topological polar surface area (TPSA) is 105 Å². The van der Waals surface area contributed by atoms with Crippen LogP contribution < -0.4 is 5.32 Å². The van der Waals surface area contributed by atoms with E-state index in [9.17, 15) is 14.7 Å². The number of carbonyl (C=O) groups excluding carboxylic acids is 2. The fourth-order valence-electron chi connectivity index (χ4n) is 4.53. The SMILES string of the molecule is Cc1cc(O)cc(C(=O)N2CC3(CCOCC3)CC2CNC(=O)c2cncnc2)c1. The van der Waals surface area contributed by atoms with E-state index >= 15 is 0 Å². The Balaban J connectivity index is 1.54. The zero-order chi connectivity index (χ0) is 21.1. The van der Waals surface area contributed by atoms with Crippen LogP contribution in [0.5, 0.6) is 5.75 Å². The number of aryl methyl sites for hydroxylation is 1. The summed E-state index contributed by atoms with van der Waals surface area (Å²) in [6, 6.07) is 4.78. The maximum atomic E-state index is 13.4. The van der Waals surface area contributed by atoms with Crippen molar-refractivity contribution in [2.45, 2.75) is 32.2 Å². The van der Waals surface area contributed by atoms with Gasteiger partial charge in [-0.05, 0) is 55.4 Å². The van der Waals surface area contributed by atoms with E-state index in [2.05, 4.69) is 15.3 Å². The van der Waals surface area contributed by atoms with Crippen molar-refractivity contribution in [3.63, 3.8) is 0 Å². The second-order valence-electron chi connectivity index (χ2n) is 8.30. The molecule has 1 atom stereocenters. The molecular formula is C22H26N4O4. The molecule has 0 bridgehead atoms. The van der Waals surface area contributed by atoms with E-state index in [0.717, 1.165) is 24.8 Å². The molecule has 8 nitrogen and oxygen atoms in total. The molecule has 1 spiro atoms. The van der Waals surface area contributed by atoms with Crippen molar-refractivity contribution in [3.8, 4) is 5.75 Å². The zero-order valence-corrected chi connectivity index (χ0v) is 17.0. The van der Waals surface area contributed by atoms with E-state index in [0.29, 0.717) is 37.4 Å². The van der Waals surface area contributed by atoms with Gasteiger partial charge in [-0.2, -0.15) is 0 Å². The Hall–Kier alpha value is -3.00. The lowest BCUT2D eigenvalue weighted by atomic mass is 9.78. The minimum atomic E-state index is -0.260. The Bertz CT molecular complexity index is 908. The standard InChI is InChI=1S/C22H26N4O4/c1-15-6-16(8-19(27)7-15)21(29)26-13-22(2-4-30-5-3-22)9-18(26)12-25-20(28)17-10-23-14-24-11-17/h6-8,10-11,14,18,27H,2-5,9,12-13H2,1H3,(H,25,28). The summed E-state index contributed by atoms with van der Waals surface area (Å²) in [7, 11) is 0. The summed E-state index contributed by atoms with van der Waals surface area (Å²) in [6.07, 6.45) is 6.91. The first-order valence-electron chi connectivity index (χ1n) is 10.2. The van der Waals surface area contributed by atoms with E-state index in [1.807, 2.05) is 11.8 Å². The molecule has 2 aliphatic rings. The number of aromatic nitrogens is 2. The fourth-order valence-corrected chi connectivity index (χ4v) is 4.53. The van der Waals surface area contributed by atoms with Crippen LogP contribution in [-0.2, 0) is 4.74 Å². The summed E-state index contributed by atoms with van der Waals surface area (Å²) in [5.74, 6) is -0.309. The summed E-state index contributed by atoms with van der Waals surface area (Å²) in [6.45, 7) is 4.19. The van der Waals surface area contributed by atoms with Crippen LogP contribution in [0.4, 0.5) is 0 Å². The van der Waals surface area contributed by atoms with Crippen molar-refractivity contribution < 1.29 is 19.4 Å². The molecule has 30 heavy (non-hydrogen) atoms. The second kappa shape index (κ2) is 8.39. The highest BCUT2D eigenvalue weighted by molar-refractivity contribution is 5.96. The Kier molecular flexibility index (Phi) is 5.67. The van der Waals surface area contributed by atoms with Crippen LogP contribution in [0, 0.1) is 12.3 Å². The van der Waals surface area contributed by atoms with Gasteiger partial charge in [0.2, 0.25) is 0 Å². The number of aromatic hydroxyl groups is 1. The monoisotopic (exact) mass is 410 g/mol. The van der Waals surface area contributed by atoms with Crippen LogP contribution >= 0.6 is 0 Å². The lowest BCUT2D eigenvalue weighted by Crippen LogP contribution is -2.43. The van der Waals surface area contributed by atoms with Crippen LogP contribution in [-0.4, -0.2) is 64.1 Å². The van der Waals surface area contributed by atoms with Gasteiger partial charge in [0.15, 0.2) is 0 Å². The number of benzene rings is 1. The first-order valence-corrected chi connectivity index (χ1v) is 10.2. The number of amides is 2. The number of ether oxygens (including phenoxy) is 1. The Morgan fingerprint density at radius 2 is 1.93 bits per heavy atom. The summed E-state index contributed by atoms with van der Waals surface area (Å²) in [5.41, 5.74) is 1.68. The van der Waals surface area contributed by atoms with Crippen molar-refractivity contribution in [3.05, 3.63) is 53.6 Å². The van der Waals surface area contributed by atoms with E-state index in [-0.39, 0.29) is 29.0 Å². The highest BCUT2D eigenvalue weighted by Gasteiger charge is 2.46. The zero-order valence-electron chi connectivity index (χ0n) is 17.0. The van der Waals surface area contributed by atoms with Crippen LogP contribution in [0.25, 0.3) is 0 Å². The molecule has 2 aliphatic heterocycles. The molecule has 8 heteroatoms. The number of likely N-dealkylation sites (tertiary alicyclic amines) is 1. The lowest BCUT2D eigenvalue weighted by molar-refractivity contribution is 0.0190. The summed E-state index contributed by atoms with van der Waals surface area (Å²) in [4.78, 5) is 35.4. The third-order valence-corrected chi connectivity index (χ3v) is 6.06. The molecule has 158 valence electrons. The van der Waals surface area contributed by atoms with Crippen LogP contribution in [0.2, 0.25) is 0 Å². The quantitative estimate of drug-likeness (QED) is 0.798. The maximum Gasteiger partial charge on any atom is 0.254 e. The molecular weight excluding hydrogens is 384 g/mol. The van der Waals surface area contributed by atoms with Crippen molar-refractivity contribution in [1.29, 1.82) is 0 Å². The number of nitrogens with one attached hydrogen (secondary N) is 1. The first kappa shape index (κ1) is 20.3. The van der Waals surface area contributed by atoms with Crippen LogP contribution in [0.1, 0.15) is 45.5 Å². The molecule has 1 aromatic carbocycles. The summed E-state index contributed by atoms with van der Waals surface area (Å²) >= 11 is 0. The van der Waals surface area contributed by atoms with Gasteiger partial charge in [-0.3, -0.25) is 9.59 Å². The number of rotatable bonds is 4.